The number of hydrogen-bond acceptors (Lipinski definition) is 3. The summed E-state index contributed by atoms with van der Waals surface area (Å²) in [7, 11) is 0. The van der Waals surface area contributed by atoms with E-state index < -0.39 is 5.97 Å². The van der Waals surface area contributed by atoms with Crippen LogP contribution in [0.1, 0.15) is 25.8 Å². The number of benzene rings is 1. The fraction of sp³-hybridized carbons (Fsp3) is 0.429. The summed E-state index contributed by atoms with van der Waals surface area (Å²) >= 11 is 0. The van der Waals surface area contributed by atoms with Gasteiger partial charge in [0.15, 0.2) is 0 Å². The van der Waals surface area contributed by atoms with Gasteiger partial charge in [0.05, 0.1) is 12.8 Å². The van der Waals surface area contributed by atoms with Gasteiger partial charge in [0, 0.05) is 6.04 Å². The molecule has 0 heterocycles. The number of aliphatic carboxylic acids is 1. The van der Waals surface area contributed by atoms with Crippen LogP contribution in [0.5, 0.6) is 5.75 Å². The molecule has 0 saturated heterocycles. The van der Waals surface area contributed by atoms with Crippen molar-refractivity contribution in [1.29, 1.82) is 0 Å². The van der Waals surface area contributed by atoms with Crippen molar-refractivity contribution in [2.45, 2.75) is 32.7 Å². The number of nitrogens with one attached hydrogen (secondary N) is 1. The number of carbonyl (C=O) groups excluding carboxylic acids is 1. The Bertz CT molecular complexity index is 457. The van der Waals surface area contributed by atoms with Crippen LogP contribution in [0, 0.1) is 5.92 Å². The van der Waals surface area contributed by atoms with E-state index in [4.69, 9.17) is 5.11 Å². The van der Waals surface area contributed by atoms with Gasteiger partial charge in [-0.2, -0.15) is 0 Å². The monoisotopic (exact) mass is 265 g/mol. The Morgan fingerprint density at radius 3 is 2.53 bits per heavy atom. The van der Waals surface area contributed by atoms with Gasteiger partial charge in [-0.15, -0.1) is 0 Å². The van der Waals surface area contributed by atoms with Gasteiger partial charge in [0.2, 0.25) is 5.91 Å². The van der Waals surface area contributed by atoms with Gasteiger partial charge in [-0.1, -0.05) is 26.0 Å². The molecule has 0 unspecified atom stereocenters. The van der Waals surface area contributed by atoms with Gasteiger partial charge < -0.3 is 15.5 Å². The van der Waals surface area contributed by atoms with Crippen LogP contribution in [-0.4, -0.2) is 28.1 Å². The number of phenolic OH excluding ortho intramolecular Hbond substituents is 1. The molecule has 0 bridgehead atoms. The Balaban J connectivity index is 2.60. The highest BCUT2D eigenvalue weighted by atomic mass is 16.4. The molecule has 3 N–H and O–H groups in total. The predicted molar refractivity (Wildman–Crippen MR) is 70.8 cm³/mol. The van der Waals surface area contributed by atoms with E-state index in [0.717, 1.165) is 0 Å². The zero-order valence-electron chi connectivity index (χ0n) is 11.1. The molecule has 19 heavy (non-hydrogen) atoms. The first-order chi connectivity index (χ1) is 8.88. The average molecular weight is 265 g/mol. The Hall–Kier alpha value is -2.04. The first kappa shape index (κ1) is 15.0. The number of rotatable bonds is 6. The molecule has 5 heteroatoms. The van der Waals surface area contributed by atoms with E-state index in [-0.39, 0.29) is 36.5 Å². The minimum Gasteiger partial charge on any atom is -0.508 e. The molecule has 0 spiro atoms. The van der Waals surface area contributed by atoms with Crippen molar-refractivity contribution in [2.75, 3.05) is 0 Å². The van der Waals surface area contributed by atoms with Crippen molar-refractivity contribution in [3.8, 4) is 5.75 Å². The molecule has 1 atom stereocenters. The molecule has 1 amide bonds. The second-order valence-electron chi connectivity index (χ2n) is 4.86. The molecule has 0 fully saturated rings. The molecule has 1 aromatic rings. The van der Waals surface area contributed by atoms with E-state index in [1.165, 1.54) is 12.1 Å². The van der Waals surface area contributed by atoms with E-state index in [0.29, 0.717) is 5.56 Å². The van der Waals surface area contributed by atoms with Crippen molar-refractivity contribution in [3.05, 3.63) is 29.8 Å². The Labute approximate surface area is 112 Å². The number of carbonyl (C=O) groups is 2. The largest absolute Gasteiger partial charge is 0.508 e. The first-order valence-corrected chi connectivity index (χ1v) is 6.17. The highest BCUT2D eigenvalue weighted by Crippen LogP contribution is 2.12. The summed E-state index contributed by atoms with van der Waals surface area (Å²) in [6.45, 7) is 3.73. The number of carboxylic acid groups (broad SMARTS) is 1. The van der Waals surface area contributed by atoms with Crippen LogP contribution in [0.15, 0.2) is 24.3 Å². The molecule has 0 aliphatic carbocycles. The summed E-state index contributed by atoms with van der Waals surface area (Å²) in [6.07, 6.45) is 0.0285. The third kappa shape index (κ3) is 5.42. The van der Waals surface area contributed by atoms with Gasteiger partial charge >= 0.3 is 5.97 Å². The molecule has 0 aliphatic rings. The minimum atomic E-state index is -0.934. The number of carboxylic acids is 1. The first-order valence-electron chi connectivity index (χ1n) is 6.17. The normalized spacial score (nSPS) is 12.2. The minimum absolute atomic E-state index is 0.0456. The van der Waals surface area contributed by atoms with Crippen molar-refractivity contribution in [3.63, 3.8) is 0 Å². The van der Waals surface area contributed by atoms with Gasteiger partial charge in [0.25, 0.3) is 0 Å². The smallest absolute Gasteiger partial charge is 0.305 e. The molecule has 104 valence electrons. The predicted octanol–water partition coefficient (Wildman–Crippen LogP) is 1.55. The summed E-state index contributed by atoms with van der Waals surface area (Å²) in [4.78, 5) is 22.5. The molecule has 0 aliphatic heterocycles. The second-order valence-corrected chi connectivity index (χ2v) is 4.86. The molecule has 0 saturated carbocycles. The van der Waals surface area contributed by atoms with Gasteiger partial charge in [-0.3, -0.25) is 9.59 Å². The van der Waals surface area contributed by atoms with Crippen LogP contribution in [-0.2, 0) is 16.0 Å². The van der Waals surface area contributed by atoms with Crippen molar-refractivity contribution in [1.82, 2.24) is 5.32 Å². The van der Waals surface area contributed by atoms with Crippen LogP contribution >= 0.6 is 0 Å². The molecule has 0 aromatic heterocycles. The second kappa shape index (κ2) is 6.78. The van der Waals surface area contributed by atoms with Crippen LogP contribution in [0.3, 0.4) is 0 Å². The van der Waals surface area contributed by atoms with Gasteiger partial charge in [0.1, 0.15) is 5.75 Å². The SMILES string of the molecule is CC(C)[C@H](CC(=O)O)NC(=O)Cc1cccc(O)c1. The van der Waals surface area contributed by atoms with E-state index >= 15 is 0 Å². The van der Waals surface area contributed by atoms with Crippen LogP contribution in [0.4, 0.5) is 0 Å². The molecular weight excluding hydrogens is 246 g/mol. The molecule has 5 nitrogen and oxygen atoms in total. The third-order valence-corrected chi connectivity index (χ3v) is 2.82. The molecule has 0 radical (unpaired) electrons. The van der Waals surface area contributed by atoms with E-state index in [1.54, 1.807) is 12.1 Å². The quantitative estimate of drug-likeness (QED) is 0.728. The molecule has 1 aromatic carbocycles. The highest BCUT2D eigenvalue weighted by Gasteiger charge is 2.19. The van der Waals surface area contributed by atoms with Crippen LogP contribution in [0.2, 0.25) is 0 Å². The lowest BCUT2D eigenvalue weighted by Gasteiger charge is -2.20. The Morgan fingerprint density at radius 1 is 1.32 bits per heavy atom. The lowest BCUT2D eigenvalue weighted by molar-refractivity contribution is -0.138. The summed E-state index contributed by atoms with van der Waals surface area (Å²) in [5.41, 5.74) is 0.690. The van der Waals surface area contributed by atoms with Crippen LogP contribution < -0.4 is 5.32 Å². The summed E-state index contributed by atoms with van der Waals surface area (Å²) in [5.74, 6) is -1.03. The molecule has 1 rings (SSSR count). The van der Waals surface area contributed by atoms with Gasteiger partial charge in [-0.05, 0) is 23.6 Å². The fourth-order valence-electron chi connectivity index (χ4n) is 1.75. The topological polar surface area (TPSA) is 86.6 Å². The van der Waals surface area contributed by atoms with E-state index in [2.05, 4.69) is 5.32 Å². The maximum absolute atomic E-state index is 11.8. The van der Waals surface area contributed by atoms with Gasteiger partial charge in [-0.25, -0.2) is 0 Å². The lowest BCUT2D eigenvalue weighted by atomic mass is 10.0. The highest BCUT2D eigenvalue weighted by molar-refractivity contribution is 5.79. The van der Waals surface area contributed by atoms with Crippen molar-refractivity contribution >= 4 is 11.9 Å². The maximum atomic E-state index is 11.8. The number of amides is 1. The Morgan fingerprint density at radius 2 is 2.00 bits per heavy atom. The van der Waals surface area contributed by atoms with Crippen molar-refractivity contribution < 1.29 is 19.8 Å². The fourth-order valence-corrected chi connectivity index (χ4v) is 1.75. The summed E-state index contributed by atoms with van der Waals surface area (Å²) in [5, 5.41) is 20.8. The zero-order valence-corrected chi connectivity index (χ0v) is 11.1. The lowest BCUT2D eigenvalue weighted by Crippen LogP contribution is -2.40. The average Bonchev–Trinajstić information content (AvgIpc) is 2.27. The van der Waals surface area contributed by atoms with Crippen molar-refractivity contribution in [2.24, 2.45) is 5.92 Å². The van der Waals surface area contributed by atoms with E-state index in [1.807, 2.05) is 13.8 Å². The third-order valence-electron chi connectivity index (χ3n) is 2.82. The zero-order chi connectivity index (χ0) is 14.4. The summed E-state index contributed by atoms with van der Waals surface area (Å²) in [6, 6.07) is 6.06. The number of hydrogen-bond donors (Lipinski definition) is 3. The number of aromatic hydroxyl groups is 1. The summed E-state index contributed by atoms with van der Waals surface area (Å²) < 4.78 is 0. The number of phenols is 1. The van der Waals surface area contributed by atoms with Crippen LogP contribution in [0.25, 0.3) is 0 Å². The Kier molecular flexibility index (Phi) is 5.36. The standard InChI is InChI=1S/C14H19NO4/c1-9(2)12(8-14(18)19)15-13(17)7-10-4-3-5-11(16)6-10/h3-6,9,12,16H,7-8H2,1-2H3,(H,15,17)(H,18,19)/t12-/m0/s1. The van der Waals surface area contributed by atoms with E-state index in [9.17, 15) is 14.7 Å². The maximum Gasteiger partial charge on any atom is 0.305 e. The molecular formula is C14H19NO4.